The lowest BCUT2D eigenvalue weighted by atomic mass is 10.1. The molecule has 0 fully saturated rings. The molecule has 0 saturated heterocycles. The molecule has 8 heteroatoms. The molecule has 0 aliphatic carbocycles. The van der Waals surface area contributed by atoms with E-state index < -0.39 is 16.7 Å². The molecule has 0 unspecified atom stereocenters. The molecule has 0 N–H and O–H groups in total. The van der Waals surface area contributed by atoms with Crippen LogP contribution in [0.5, 0.6) is 0 Å². The van der Waals surface area contributed by atoms with E-state index in [1.54, 1.807) is 24.5 Å². The summed E-state index contributed by atoms with van der Waals surface area (Å²) in [5, 5.41) is 11.0. The molecule has 4 rings (SSSR count). The summed E-state index contributed by atoms with van der Waals surface area (Å²) in [4.78, 5) is 38.7. The first-order chi connectivity index (χ1) is 14.9. The highest BCUT2D eigenvalue weighted by Gasteiger charge is 2.40. The fourth-order valence-electron chi connectivity index (χ4n) is 3.46. The minimum atomic E-state index is -0.506. The van der Waals surface area contributed by atoms with E-state index >= 15 is 0 Å². The van der Waals surface area contributed by atoms with Crippen molar-refractivity contribution < 1.29 is 18.9 Å². The normalized spacial score (nSPS) is 13.9. The molecule has 7 nitrogen and oxygen atoms in total. The Morgan fingerprint density at radius 3 is 2.39 bits per heavy atom. The van der Waals surface area contributed by atoms with Crippen LogP contribution < -0.4 is 4.90 Å². The average Bonchev–Trinajstić information content (AvgIpc) is 3.33. The summed E-state index contributed by atoms with van der Waals surface area (Å²) in [6.45, 7) is 3.79. The largest absolute Gasteiger partial charge is 0.468 e. The summed E-state index contributed by atoms with van der Waals surface area (Å²) in [5.74, 6) is 0.179. The number of benzene rings is 2. The average molecular weight is 434 g/mol. The number of amides is 2. The van der Waals surface area contributed by atoms with E-state index in [4.69, 9.17) is 4.42 Å². The van der Waals surface area contributed by atoms with Crippen molar-refractivity contribution in [2.24, 2.45) is 0 Å². The highest BCUT2D eigenvalue weighted by atomic mass is 32.2. The Morgan fingerprint density at radius 1 is 1.03 bits per heavy atom. The van der Waals surface area contributed by atoms with E-state index in [0.29, 0.717) is 22.8 Å². The lowest BCUT2D eigenvalue weighted by Crippen LogP contribution is -2.32. The van der Waals surface area contributed by atoms with Crippen molar-refractivity contribution >= 4 is 40.5 Å². The van der Waals surface area contributed by atoms with Crippen molar-refractivity contribution in [2.75, 3.05) is 4.90 Å². The number of carbonyl (C=O) groups excluding carboxylic acids is 2. The SMILES string of the molecule is Cc1ccc(N2C(=O)C(SCc3ccco3)=C(c3ccc([N+](=O)[O-])cc3)C2=O)c(C)c1. The molecular weight excluding hydrogens is 416 g/mol. The van der Waals surface area contributed by atoms with Gasteiger partial charge in [-0.15, -0.1) is 11.8 Å². The second-order valence-electron chi connectivity index (χ2n) is 7.11. The van der Waals surface area contributed by atoms with Gasteiger partial charge in [-0.25, -0.2) is 4.90 Å². The zero-order valence-electron chi connectivity index (χ0n) is 16.8. The Hall–Kier alpha value is -3.65. The molecule has 1 aliphatic heterocycles. The second kappa shape index (κ2) is 8.23. The molecule has 3 aromatic rings. The summed E-state index contributed by atoms with van der Waals surface area (Å²) in [6.07, 6.45) is 1.55. The minimum absolute atomic E-state index is 0.0860. The third-order valence-electron chi connectivity index (χ3n) is 4.94. The van der Waals surface area contributed by atoms with E-state index in [1.807, 2.05) is 26.0 Å². The maximum atomic E-state index is 13.4. The van der Waals surface area contributed by atoms with E-state index in [1.165, 1.54) is 40.9 Å². The summed E-state index contributed by atoms with van der Waals surface area (Å²) in [7, 11) is 0. The van der Waals surface area contributed by atoms with E-state index in [9.17, 15) is 19.7 Å². The van der Waals surface area contributed by atoms with Crippen LogP contribution in [-0.4, -0.2) is 16.7 Å². The number of imide groups is 1. The van der Waals surface area contributed by atoms with Crippen LogP contribution in [-0.2, 0) is 15.3 Å². The van der Waals surface area contributed by atoms with E-state index in [-0.39, 0.29) is 16.2 Å². The third kappa shape index (κ3) is 3.89. The molecule has 156 valence electrons. The maximum Gasteiger partial charge on any atom is 0.272 e. The highest BCUT2D eigenvalue weighted by molar-refractivity contribution is 8.03. The van der Waals surface area contributed by atoms with Crippen molar-refractivity contribution in [3.8, 4) is 0 Å². The predicted octanol–water partition coefficient (Wildman–Crippen LogP) is 5.02. The first-order valence-corrected chi connectivity index (χ1v) is 10.5. The number of nitro benzene ring substituents is 1. The van der Waals surface area contributed by atoms with Gasteiger partial charge in [-0.2, -0.15) is 0 Å². The second-order valence-corrected chi connectivity index (χ2v) is 8.10. The first-order valence-electron chi connectivity index (χ1n) is 9.47. The Morgan fingerprint density at radius 2 is 1.77 bits per heavy atom. The standard InChI is InChI=1S/C23H18N2O5S/c1-14-5-10-19(15(2)12-14)24-22(26)20(16-6-8-17(9-7-16)25(28)29)21(23(24)27)31-13-18-4-3-11-30-18/h3-12H,13H2,1-2H3. The number of nitrogens with zero attached hydrogens (tertiary/aromatic N) is 2. The topological polar surface area (TPSA) is 93.7 Å². The van der Waals surface area contributed by atoms with Crippen molar-refractivity contribution in [1.29, 1.82) is 0 Å². The number of anilines is 1. The zero-order valence-corrected chi connectivity index (χ0v) is 17.6. The van der Waals surface area contributed by atoms with Gasteiger partial charge in [-0.3, -0.25) is 19.7 Å². The van der Waals surface area contributed by atoms with Gasteiger partial charge in [0.1, 0.15) is 5.76 Å². The van der Waals surface area contributed by atoms with Crippen LogP contribution in [0.3, 0.4) is 0 Å². The van der Waals surface area contributed by atoms with Crippen molar-refractivity contribution in [3.05, 3.63) is 98.3 Å². The predicted molar refractivity (Wildman–Crippen MR) is 118 cm³/mol. The summed E-state index contributed by atoms with van der Waals surface area (Å²) in [5.41, 5.74) is 2.96. The lowest BCUT2D eigenvalue weighted by Gasteiger charge is -2.18. The van der Waals surface area contributed by atoms with Crippen LogP contribution in [0, 0.1) is 24.0 Å². The van der Waals surface area contributed by atoms with Gasteiger partial charge in [-0.1, -0.05) is 17.7 Å². The Kier molecular flexibility index (Phi) is 5.48. The fourth-order valence-corrected chi connectivity index (χ4v) is 4.48. The molecule has 0 atom stereocenters. The van der Waals surface area contributed by atoms with Gasteiger partial charge in [0, 0.05) is 12.1 Å². The van der Waals surface area contributed by atoms with E-state index in [2.05, 4.69) is 0 Å². The number of aryl methyl sites for hydroxylation is 2. The minimum Gasteiger partial charge on any atom is -0.468 e. The lowest BCUT2D eigenvalue weighted by molar-refractivity contribution is -0.384. The number of furan rings is 1. The number of nitro groups is 1. The van der Waals surface area contributed by atoms with Crippen LogP contribution >= 0.6 is 11.8 Å². The van der Waals surface area contributed by atoms with Crippen molar-refractivity contribution in [1.82, 2.24) is 0 Å². The summed E-state index contributed by atoms with van der Waals surface area (Å²) >= 11 is 1.21. The summed E-state index contributed by atoms with van der Waals surface area (Å²) in [6, 6.07) is 14.7. The van der Waals surface area contributed by atoms with Gasteiger partial charge in [0.2, 0.25) is 0 Å². The Balaban J connectivity index is 1.77. The van der Waals surface area contributed by atoms with Crippen molar-refractivity contribution in [3.63, 3.8) is 0 Å². The number of hydrogen-bond acceptors (Lipinski definition) is 6. The van der Waals surface area contributed by atoms with Crippen LogP contribution in [0.2, 0.25) is 0 Å². The number of carbonyl (C=O) groups is 2. The van der Waals surface area contributed by atoms with Crippen LogP contribution in [0.4, 0.5) is 11.4 Å². The Bertz CT molecular complexity index is 1210. The quantitative estimate of drug-likeness (QED) is 0.307. The molecular formula is C23H18N2O5S. The zero-order chi connectivity index (χ0) is 22.1. The molecule has 2 amide bonds. The Labute approximate surface area is 182 Å². The van der Waals surface area contributed by atoms with Gasteiger partial charge in [-0.05, 0) is 55.3 Å². The first kappa shape index (κ1) is 20.6. The van der Waals surface area contributed by atoms with Gasteiger partial charge in [0.15, 0.2) is 0 Å². The smallest absolute Gasteiger partial charge is 0.272 e. The number of non-ortho nitro benzene ring substituents is 1. The number of thioether (sulfide) groups is 1. The summed E-state index contributed by atoms with van der Waals surface area (Å²) < 4.78 is 5.35. The third-order valence-corrected chi connectivity index (χ3v) is 6.04. The number of hydrogen-bond donors (Lipinski definition) is 0. The molecule has 0 saturated carbocycles. The van der Waals surface area contributed by atoms with Gasteiger partial charge >= 0.3 is 0 Å². The van der Waals surface area contributed by atoms with Crippen LogP contribution in [0.25, 0.3) is 5.57 Å². The van der Waals surface area contributed by atoms with Crippen molar-refractivity contribution in [2.45, 2.75) is 19.6 Å². The molecule has 2 aromatic carbocycles. The van der Waals surface area contributed by atoms with Crippen LogP contribution in [0.15, 0.2) is 70.2 Å². The monoisotopic (exact) mass is 434 g/mol. The molecule has 31 heavy (non-hydrogen) atoms. The highest BCUT2D eigenvalue weighted by Crippen LogP contribution is 2.40. The maximum absolute atomic E-state index is 13.4. The van der Waals surface area contributed by atoms with Gasteiger partial charge in [0.25, 0.3) is 17.5 Å². The van der Waals surface area contributed by atoms with E-state index in [0.717, 1.165) is 11.1 Å². The molecule has 2 heterocycles. The fraction of sp³-hybridized carbons (Fsp3) is 0.130. The van der Waals surface area contributed by atoms with Gasteiger partial charge < -0.3 is 4.42 Å². The van der Waals surface area contributed by atoms with Crippen LogP contribution in [0.1, 0.15) is 22.5 Å². The molecule has 1 aliphatic rings. The van der Waals surface area contributed by atoms with Gasteiger partial charge in [0.05, 0.1) is 33.1 Å². The molecule has 0 spiro atoms. The molecule has 1 aromatic heterocycles. The molecule has 0 bridgehead atoms. The number of rotatable bonds is 6. The molecule has 0 radical (unpaired) electrons.